The molecule has 0 spiro atoms. The number of nitrogens with one attached hydrogen (secondary N) is 1. The van der Waals surface area contributed by atoms with Crippen LogP contribution in [0.4, 0.5) is 5.69 Å². The van der Waals surface area contributed by atoms with Crippen molar-refractivity contribution < 1.29 is 9.32 Å². The van der Waals surface area contributed by atoms with Gasteiger partial charge in [-0.1, -0.05) is 5.16 Å². The first-order valence-electron chi connectivity index (χ1n) is 5.86. The second-order valence-corrected chi connectivity index (χ2v) is 4.14. The van der Waals surface area contributed by atoms with Crippen LogP contribution in [0.3, 0.4) is 0 Å². The van der Waals surface area contributed by atoms with Crippen LogP contribution in [0.5, 0.6) is 0 Å². The number of pyridine rings is 1. The van der Waals surface area contributed by atoms with Crippen LogP contribution in [0.25, 0.3) is 0 Å². The zero-order valence-corrected chi connectivity index (χ0v) is 10.8. The minimum absolute atomic E-state index is 0.214. The van der Waals surface area contributed by atoms with Crippen molar-refractivity contribution in [1.82, 2.24) is 20.4 Å². The lowest BCUT2D eigenvalue weighted by atomic mass is 10.2. The Morgan fingerprint density at radius 3 is 2.95 bits per heavy atom. The van der Waals surface area contributed by atoms with Crippen molar-refractivity contribution in [3.63, 3.8) is 0 Å². The highest BCUT2D eigenvalue weighted by molar-refractivity contribution is 5.95. The summed E-state index contributed by atoms with van der Waals surface area (Å²) >= 11 is 0. The van der Waals surface area contributed by atoms with Crippen LogP contribution in [-0.4, -0.2) is 27.6 Å². The molecule has 0 radical (unpaired) electrons. The number of aromatic nitrogens is 3. The Balaban J connectivity index is 1.92. The van der Waals surface area contributed by atoms with E-state index in [2.05, 4.69) is 20.4 Å². The highest BCUT2D eigenvalue weighted by Gasteiger charge is 2.10. The number of nitrogens with two attached hydrogens (primary N) is 1. The van der Waals surface area contributed by atoms with E-state index < -0.39 is 0 Å². The number of hydrogen-bond donors (Lipinski definition) is 2. The maximum Gasteiger partial charge on any atom is 0.253 e. The fourth-order valence-corrected chi connectivity index (χ4v) is 1.60. The molecule has 0 aromatic carbocycles. The lowest BCUT2D eigenvalue weighted by Crippen LogP contribution is -2.26. The van der Waals surface area contributed by atoms with Gasteiger partial charge in [0.2, 0.25) is 5.89 Å². The fourth-order valence-electron chi connectivity index (χ4n) is 1.60. The van der Waals surface area contributed by atoms with Crippen molar-refractivity contribution in [2.75, 3.05) is 12.3 Å². The molecule has 2 aromatic rings. The van der Waals surface area contributed by atoms with E-state index in [0.717, 1.165) is 0 Å². The van der Waals surface area contributed by atoms with Gasteiger partial charge in [0.1, 0.15) is 0 Å². The first-order valence-corrected chi connectivity index (χ1v) is 5.86. The van der Waals surface area contributed by atoms with E-state index in [4.69, 9.17) is 10.3 Å². The summed E-state index contributed by atoms with van der Waals surface area (Å²) in [6.07, 6.45) is 2.01. The van der Waals surface area contributed by atoms with Gasteiger partial charge in [-0.2, -0.15) is 4.98 Å². The predicted octanol–water partition coefficient (Wildman–Crippen LogP) is 0.636. The molecule has 2 aromatic heterocycles. The molecular weight excluding hydrogens is 246 g/mol. The van der Waals surface area contributed by atoms with E-state index in [-0.39, 0.29) is 5.91 Å². The van der Waals surface area contributed by atoms with E-state index >= 15 is 0 Å². The Morgan fingerprint density at radius 1 is 1.47 bits per heavy atom. The van der Waals surface area contributed by atoms with Gasteiger partial charge in [0.15, 0.2) is 5.82 Å². The monoisotopic (exact) mass is 261 g/mol. The number of rotatable bonds is 4. The smallest absolute Gasteiger partial charge is 0.253 e. The SMILES string of the molecule is Cc1noc(CCNC(=O)c2cc(N)cnc2C)n1. The molecule has 0 aliphatic heterocycles. The number of aryl methyl sites for hydroxylation is 2. The van der Waals surface area contributed by atoms with E-state index in [9.17, 15) is 4.79 Å². The Morgan fingerprint density at radius 2 is 2.26 bits per heavy atom. The van der Waals surface area contributed by atoms with Crippen molar-refractivity contribution in [1.29, 1.82) is 0 Å². The number of nitrogens with zero attached hydrogens (tertiary/aromatic N) is 3. The van der Waals surface area contributed by atoms with Crippen molar-refractivity contribution in [2.45, 2.75) is 20.3 Å². The van der Waals surface area contributed by atoms with Crippen LogP contribution in [0.1, 0.15) is 27.8 Å². The number of carbonyl (C=O) groups excluding carboxylic acids is 1. The van der Waals surface area contributed by atoms with Gasteiger partial charge in [-0.15, -0.1) is 0 Å². The molecular formula is C12H15N5O2. The number of hydrogen-bond acceptors (Lipinski definition) is 6. The topological polar surface area (TPSA) is 107 Å². The molecule has 3 N–H and O–H groups in total. The molecule has 0 saturated heterocycles. The molecule has 2 rings (SSSR count). The summed E-state index contributed by atoms with van der Waals surface area (Å²) in [5.41, 5.74) is 7.19. The molecule has 0 bridgehead atoms. The lowest BCUT2D eigenvalue weighted by Gasteiger charge is -2.06. The van der Waals surface area contributed by atoms with Gasteiger partial charge >= 0.3 is 0 Å². The van der Waals surface area contributed by atoms with Gasteiger partial charge < -0.3 is 15.6 Å². The maximum atomic E-state index is 11.9. The van der Waals surface area contributed by atoms with Gasteiger partial charge in [-0.25, -0.2) is 0 Å². The van der Waals surface area contributed by atoms with Gasteiger partial charge in [-0.05, 0) is 19.9 Å². The van der Waals surface area contributed by atoms with E-state index in [1.54, 1.807) is 19.9 Å². The Bertz CT molecular complexity index is 594. The minimum Gasteiger partial charge on any atom is -0.397 e. The van der Waals surface area contributed by atoms with Crippen LogP contribution < -0.4 is 11.1 Å². The zero-order chi connectivity index (χ0) is 13.8. The van der Waals surface area contributed by atoms with Crippen LogP contribution in [-0.2, 0) is 6.42 Å². The lowest BCUT2D eigenvalue weighted by molar-refractivity contribution is 0.0952. The average Bonchev–Trinajstić information content (AvgIpc) is 2.78. The molecule has 0 atom stereocenters. The van der Waals surface area contributed by atoms with Crippen LogP contribution in [0.2, 0.25) is 0 Å². The molecule has 2 heterocycles. The van der Waals surface area contributed by atoms with Gasteiger partial charge in [0.25, 0.3) is 5.91 Å². The van der Waals surface area contributed by atoms with Crippen LogP contribution in [0.15, 0.2) is 16.8 Å². The normalized spacial score (nSPS) is 10.4. The molecule has 7 heteroatoms. The molecule has 0 aliphatic rings. The molecule has 1 amide bonds. The number of nitrogen functional groups attached to an aromatic ring is 1. The average molecular weight is 261 g/mol. The third kappa shape index (κ3) is 3.27. The summed E-state index contributed by atoms with van der Waals surface area (Å²) in [6, 6.07) is 1.61. The highest BCUT2D eigenvalue weighted by Crippen LogP contribution is 2.09. The quantitative estimate of drug-likeness (QED) is 0.836. The third-order valence-electron chi connectivity index (χ3n) is 2.55. The third-order valence-corrected chi connectivity index (χ3v) is 2.55. The van der Waals surface area contributed by atoms with Crippen molar-refractivity contribution in [3.05, 3.63) is 35.2 Å². The summed E-state index contributed by atoms with van der Waals surface area (Å²) < 4.78 is 4.95. The molecule has 7 nitrogen and oxygen atoms in total. The number of anilines is 1. The van der Waals surface area contributed by atoms with Gasteiger partial charge in [0.05, 0.1) is 23.1 Å². The van der Waals surface area contributed by atoms with Crippen LogP contribution >= 0.6 is 0 Å². The summed E-state index contributed by atoms with van der Waals surface area (Å²) in [5.74, 6) is 0.867. The summed E-state index contributed by atoms with van der Waals surface area (Å²) in [6.45, 7) is 3.91. The van der Waals surface area contributed by atoms with Gasteiger partial charge in [0, 0.05) is 13.0 Å². The first kappa shape index (κ1) is 13.0. The minimum atomic E-state index is -0.214. The van der Waals surface area contributed by atoms with Crippen molar-refractivity contribution in [2.24, 2.45) is 0 Å². The zero-order valence-electron chi connectivity index (χ0n) is 10.8. The van der Waals surface area contributed by atoms with E-state index in [0.29, 0.717) is 41.6 Å². The maximum absolute atomic E-state index is 11.9. The summed E-state index contributed by atoms with van der Waals surface area (Å²) in [7, 11) is 0. The molecule has 0 unspecified atom stereocenters. The highest BCUT2D eigenvalue weighted by atomic mass is 16.5. The van der Waals surface area contributed by atoms with Crippen LogP contribution in [0, 0.1) is 13.8 Å². The molecule has 0 fully saturated rings. The van der Waals surface area contributed by atoms with E-state index in [1.165, 1.54) is 6.20 Å². The van der Waals surface area contributed by atoms with Gasteiger partial charge in [-0.3, -0.25) is 9.78 Å². The molecule has 19 heavy (non-hydrogen) atoms. The molecule has 0 aliphatic carbocycles. The molecule has 0 saturated carbocycles. The van der Waals surface area contributed by atoms with E-state index in [1.807, 2.05) is 0 Å². The molecule has 100 valence electrons. The Hall–Kier alpha value is -2.44. The summed E-state index contributed by atoms with van der Waals surface area (Å²) in [4.78, 5) is 20.0. The van der Waals surface area contributed by atoms with Crippen molar-refractivity contribution >= 4 is 11.6 Å². The second-order valence-electron chi connectivity index (χ2n) is 4.14. The predicted molar refractivity (Wildman–Crippen MR) is 68.5 cm³/mol. The Labute approximate surface area is 110 Å². The van der Waals surface area contributed by atoms with Crippen molar-refractivity contribution in [3.8, 4) is 0 Å². The Kier molecular flexibility index (Phi) is 3.74. The standard InChI is InChI=1S/C12H15N5O2/c1-7-10(5-9(13)6-15-7)12(18)14-4-3-11-16-8(2)17-19-11/h5-6H,3-4,13H2,1-2H3,(H,14,18). The largest absolute Gasteiger partial charge is 0.397 e. The first-order chi connectivity index (χ1) is 9.06. The second kappa shape index (κ2) is 5.47. The number of carbonyl (C=O) groups is 1. The fraction of sp³-hybridized carbons (Fsp3) is 0.333. The summed E-state index contributed by atoms with van der Waals surface area (Å²) in [5, 5.41) is 6.44. The number of amides is 1.